The standard InChI is InChI=1S/C13H16N4O2/c1-9-3-5-11(6-4-9)19-10(2)7-14-13(18)12-8-15-17-16-12/h3-6,8,10H,7H2,1-2H3,(H,14,18)(H,15,16,17). The van der Waals surface area contributed by atoms with E-state index in [1.165, 1.54) is 11.8 Å². The van der Waals surface area contributed by atoms with Gasteiger partial charge in [0.25, 0.3) is 5.91 Å². The maximum atomic E-state index is 11.6. The summed E-state index contributed by atoms with van der Waals surface area (Å²) in [6.07, 6.45) is 1.25. The van der Waals surface area contributed by atoms with Gasteiger partial charge in [-0.25, -0.2) is 0 Å². The van der Waals surface area contributed by atoms with Gasteiger partial charge in [-0.2, -0.15) is 15.4 Å². The Morgan fingerprint density at radius 1 is 1.42 bits per heavy atom. The van der Waals surface area contributed by atoms with E-state index in [9.17, 15) is 4.79 Å². The smallest absolute Gasteiger partial charge is 0.273 e. The molecular formula is C13H16N4O2. The second-order valence-electron chi connectivity index (χ2n) is 4.31. The molecule has 0 aliphatic heterocycles. The molecule has 0 bridgehead atoms. The SMILES string of the molecule is Cc1ccc(OC(C)CNC(=O)c2cn[nH]n2)cc1. The maximum Gasteiger partial charge on any atom is 0.273 e. The molecule has 6 nitrogen and oxygen atoms in total. The zero-order valence-electron chi connectivity index (χ0n) is 10.9. The van der Waals surface area contributed by atoms with E-state index < -0.39 is 0 Å². The molecule has 1 unspecified atom stereocenters. The largest absolute Gasteiger partial charge is 0.489 e. The summed E-state index contributed by atoms with van der Waals surface area (Å²) in [5.74, 6) is 0.516. The van der Waals surface area contributed by atoms with Crippen LogP contribution in [-0.2, 0) is 0 Å². The van der Waals surface area contributed by atoms with Crippen LogP contribution in [-0.4, -0.2) is 34.0 Å². The molecule has 1 aromatic carbocycles. The predicted octanol–water partition coefficient (Wildman–Crippen LogP) is 1.31. The van der Waals surface area contributed by atoms with Gasteiger partial charge < -0.3 is 10.1 Å². The minimum atomic E-state index is -0.270. The molecule has 0 radical (unpaired) electrons. The first kappa shape index (κ1) is 13.1. The third-order valence-corrected chi connectivity index (χ3v) is 2.56. The molecule has 0 aliphatic carbocycles. The summed E-state index contributed by atoms with van der Waals surface area (Å²) >= 11 is 0. The van der Waals surface area contributed by atoms with E-state index in [4.69, 9.17) is 4.74 Å². The van der Waals surface area contributed by atoms with Crippen LogP contribution in [0.15, 0.2) is 30.5 Å². The molecule has 1 atom stereocenters. The lowest BCUT2D eigenvalue weighted by molar-refractivity contribution is 0.0927. The van der Waals surface area contributed by atoms with Crippen molar-refractivity contribution in [3.63, 3.8) is 0 Å². The fourth-order valence-electron chi connectivity index (χ4n) is 1.53. The average Bonchev–Trinajstić information content (AvgIpc) is 2.93. The number of ether oxygens (including phenoxy) is 1. The number of aryl methyl sites for hydroxylation is 1. The number of carbonyl (C=O) groups is 1. The zero-order valence-corrected chi connectivity index (χ0v) is 10.9. The minimum Gasteiger partial charge on any atom is -0.489 e. The first-order valence-electron chi connectivity index (χ1n) is 6.02. The van der Waals surface area contributed by atoms with Crippen molar-refractivity contribution in [1.29, 1.82) is 0 Å². The van der Waals surface area contributed by atoms with Crippen LogP contribution >= 0.6 is 0 Å². The van der Waals surface area contributed by atoms with Gasteiger partial charge in [0, 0.05) is 0 Å². The Labute approximate surface area is 111 Å². The molecule has 0 saturated heterocycles. The summed E-state index contributed by atoms with van der Waals surface area (Å²) in [5, 5.41) is 12.4. The Kier molecular flexibility index (Phi) is 4.12. The average molecular weight is 260 g/mol. The lowest BCUT2D eigenvalue weighted by Crippen LogP contribution is -2.33. The van der Waals surface area contributed by atoms with Crippen molar-refractivity contribution < 1.29 is 9.53 Å². The van der Waals surface area contributed by atoms with Crippen LogP contribution in [0.1, 0.15) is 23.0 Å². The topological polar surface area (TPSA) is 79.9 Å². The Morgan fingerprint density at radius 2 is 2.16 bits per heavy atom. The summed E-state index contributed by atoms with van der Waals surface area (Å²) in [5.41, 5.74) is 1.45. The second-order valence-corrected chi connectivity index (χ2v) is 4.31. The first-order valence-corrected chi connectivity index (χ1v) is 6.02. The number of rotatable bonds is 5. The van der Waals surface area contributed by atoms with E-state index in [-0.39, 0.29) is 17.7 Å². The van der Waals surface area contributed by atoms with E-state index in [1.807, 2.05) is 38.1 Å². The van der Waals surface area contributed by atoms with Crippen molar-refractivity contribution in [2.75, 3.05) is 6.54 Å². The van der Waals surface area contributed by atoms with E-state index in [1.54, 1.807) is 0 Å². The molecular weight excluding hydrogens is 244 g/mol. The summed E-state index contributed by atoms with van der Waals surface area (Å²) < 4.78 is 5.68. The molecule has 1 aromatic heterocycles. The number of nitrogens with one attached hydrogen (secondary N) is 2. The zero-order chi connectivity index (χ0) is 13.7. The highest BCUT2D eigenvalue weighted by atomic mass is 16.5. The molecule has 0 fully saturated rings. The van der Waals surface area contributed by atoms with Crippen molar-refractivity contribution >= 4 is 5.91 Å². The Morgan fingerprint density at radius 3 is 2.79 bits per heavy atom. The van der Waals surface area contributed by atoms with Crippen molar-refractivity contribution in [1.82, 2.24) is 20.7 Å². The molecule has 1 heterocycles. The number of carbonyl (C=O) groups excluding carboxylic acids is 1. The number of nitrogens with zero attached hydrogens (tertiary/aromatic N) is 2. The molecule has 2 N–H and O–H groups in total. The second kappa shape index (κ2) is 5.99. The molecule has 0 aliphatic rings. The number of hydrogen-bond acceptors (Lipinski definition) is 4. The van der Waals surface area contributed by atoms with Crippen molar-refractivity contribution in [2.45, 2.75) is 20.0 Å². The summed E-state index contributed by atoms with van der Waals surface area (Å²) in [7, 11) is 0. The van der Waals surface area contributed by atoms with Crippen LogP contribution in [0.3, 0.4) is 0 Å². The van der Waals surface area contributed by atoms with Gasteiger partial charge in [-0.05, 0) is 26.0 Å². The first-order chi connectivity index (χ1) is 9.15. The molecule has 2 aromatic rings. The summed E-state index contributed by atoms with van der Waals surface area (Å²) in [6, 6.07) is 7.78. The Bertz CT molecular complexity index is 522. The van der Waals surface area contributed by atoms with Crippen LogP contribution in [0.2, 0.25) is 0 Å². The third kappa shape index (κ3) is 3.80. The van der Waals surface area contributed by atoms with Gasteiger partial charge in [-0.1, -0.05) is 17.7 Å². The fourth-order valence-corrected chi connectivity index (χ4v) is 1.53. The monoisotopic (exact) mass is 260 g/mol. The minimum absolute atomic E-state index is 0.126. The molecule has 19 heavy (non-hydrogen) atoms. The van der Waals surface area contributed by atoms with E-state index in [2.05, 4.69) is 20.7 Å². The number of benzene rings is 1. The Balaban J connectivity index is 1.80. The van der Waals surface area contributed by atoms with Gasteiger partial charge in [0.1, 0.15) is 11.9 Å². The van der Waals surface area contributed by atoms with Gasteiger partial charge >= 0.3 is 0 Å². The molecule has 100 valence electrons. The van der Waals surface area contributed by atoms with Crippen molar-refractivity contribution in [2.24, 2.45) is 0 Å². The molecule has 0 spiro atoms. The van der Waals surface area contributed by atoms with Gasteiger partial charge in [0.05, 0.1) is 12.7 Å². The van der Waals surface area contributed by atoms with Gasteiger partial charge in [-0.3, -0.25) is 4.79 Å². The van der Waals surface area contributed by atoms with Crippen molar-refractivity contribution in [3.8, 4) is 5.75 Å². The van der Waals surface area contributed by atoms with Gasteiger partial charge in [0.2, 0.25) is 0 Å². The Hall–Kier alpha value is -2.37. The highest BCUT2D eigenvalue weighted by Gasteiger charge is 2.10. The number of amides is 1. The molecule has 1 amide bonds. The third-order valence-electron chi connectivity index (χ3n) is 2.56. The lowest BCUT2D eigenvalue weighted by atomic mass is 10.2. The normalized spacial score (nSPS) is 11.9. The van der Waals surface area contributed by atoms with Crippen LogP contribution in [0.4, 0.5) is 0 Å². The molecule has 0 saturated carbocycles. The fraction of sp³-hybridized carbons (Fsp3) is 0.308. The van der Waals surface area contributed by atoms with Crippen LogP contribution in [0.5, 0.6) is 5.75 Å². The van der Waals surface area contributed by atoms with E-state index in [0.717, 1.165) is 5.75 Å². The maximum absolute atomic E-state index is 11.6. The number of hydrogen-bond donors (Lipinski definition) is 2. The van der Waals surface area contributed by atoms with Gasteiger partial charge in [-0.15, -0.1) is 0 Å². The van der Waals surface area contributed by atoms with Crippen molar-refractivity contribution in [3.05, 3.63) is 41.7 Å². The van der Waals surface area contributed by atoms with Crippen LogP contribution in [0, 0.1) is 6.92 Å². The van der Waals surface area contributed by atoms with Crippen LogP contribution < -0.4 is 10.1 Å². The molecule has 6 heteroatoms. The van der Waals surface area contributed by atoms with Gasteiger partial charge in [0.15, 0.2) is 5.69 Å². The number of H-pyrrole nitrogens is 1. The number of aromatic nitrogens is 3. The van der Waals surface area contributed by atoms with Crippen LogP contribution in [0.25, 0.3) is 0 Å². The predicted molar refractivity (Wildman–Crippen MR) is 70.0 cm³/mol. The summed E-state index contributed by atoms with van der Waals surface area (Å²) in [6.45, 7) is 4.31. The summed E-state index contributed by atoms with van der Waals surface area (Å²) in [4.78, 5) is 11.6. The van der Waals surface area contributed by atoms with E-state index >= 15 is 0 Å². The highest BCUT2D eigenvalue weighted by molar-refractivity contribution is 5.91. The number of aromatic amines is 1. The quantitative estimate of drug-likeness (QED) is 0.849. The molecule has 2 rings (SSSR count). The van der Waals surface area contributed by atoms with E-state index in [0.29, 0.717) is 6.54 Å². The highest BCUT2D eigenvalue weighted by Crippen LogP contribution is 2.12. The lowest BCUT2D eigenvalue weighted by Gasteiger charge is -2.15.